The second kappa shape index (κ2) is 7.01. The molecular weight excluding hydrogens is 272 g/mol. The number of carbonyl (C=O) groups is 1. The van der Waals surface area contributed by atoms with Crippen LogP contribution in [0.3, 0.4) is 0 Å². The third kappa shape index (κ3) is 3.78. The minimum atomic E-state index is -0.794. The maximum atomic E-state index is 11.4. The first kappa shape index (κ1) is 14.5. The van der Waals surface area contributed by atoms with Crippen molar-refractivity contribution in [3.63, 3.8) is 0 Å². The first-order chi connectivity index (χ1) is 9.70. The lowest BCUT2D eigenvalue weighted by molar-refractivity contribution is -0.138. The summed E-state index contributed by atoms with van der Waals surface area (Å²) in [5, 5.41) is 9.35. The number of carboxylic acids is 1. The van der Waals surface area contributed by atoms with Gasteiger partial charge < -0.3 is 9.84 Å². The highest BCUT2D eigenvalue weighted by Crippen LogP contribution is 2.27. The third-order valence-electron chi connectivity index (χ3n) is 2.98. The van der Waals surface area contributed by atoms with Crippen LogP contribution >= 0.6 is 11.8 Å². The highest BCUT2D eigenvalue weighted by Gasteiger charge is 2.19. The van der Waals surface area contributed by atoms with Gasteiger partial charge in [-0.05, 0) is 29.8 Å². The van der Waals surface area contributed by atoms with Crippen LogP contribution in [0.25, 0.3) is 0 Å². The van der Waals surface area contributed by atoms with Crippen LogP contribution in [0.5, 0.6) is 5.75 Å². The summed E-state index contributed by atoms with van der Waals surface area (Å²) in [4.78, 5) is 12.4. The molecule has 0 fully saturated rings. The van der Waals surface area contributed by atoms with E-state index in [2.05, 4.69) is 0 Å². The van der Waals surface area contributed by atoms with Crippen LogP contribution in [0, 0.1) is 0 Å². The van der Waals surface area contributed by atoms with E-state index in [-0.39, 0.29) is 0 Å². The van der Waals surface area contributed by atoms with E-state index in [0.717, 1.165) is 16.2 Å². The van der Waals surface area contributed by atoms with Gasteiger partial charge in [-0.15, -0.1) is 11.8 Å². The van der Waals surface area contributed by atoms with Crippen molar-refractivity contribution in [1.29, 1.82) is 0 Å². The fourth-order valence-corrected chi connectivity index (χ4v) is 2.87. The highest BCUT2D eigenvalue weighted by molar-refractivity contribution is 7.99. The molecule has 1 atom stereocenters. The number of hydrogen-bond acceptors (Lipinski definition) is 3. The summed E-state index contributed by atoms with van der Waals surface area (Å²) in [6, 6.07) is 17.0. The van der Waals surface area contributed by atoms with E-state index in [1.807, 2.05) is 54.6 Å². The molecule has 2 aromatic rings. The van der Waals surface area contributed by atoms with Gasteiger partial charge in [-0.1, -0.05) is 30.3 Å². The van der Waals surface area contributed by atoms with Crippen LogP contribution in [0.4, 0.5) is 0 Å². The van der Waals surface area contributed by atoms with E-state index in [1.54, 1.807) is 7.11 Å². The van der Waals surface area contributed by atoms with Crippen LogP contribution in [-0.4, -0.2) is 23.9 Å². The highest BCUT2D eigenvalue weighted by atomic mass is 32.2. The minimum Gasteiger partial charge on any atom is -0.497 e. The van der Waals surface area contributed by atoms with Crippen LogP contribution < -0.4 is 4.74 Å². The lowest BCUT2D eigenvalue weighted by Gasteiger charge is -2.12. The molecule has 0 aliphatic carbocycles. The van der Waals surface area contributed by atoms with E-state index in [0.29, 0.717) is 5.75 Å². The van der Waals surface area contributed by atoms with Gasteiger partial charge >= 0.3 is 5.97 Å². The van der Waals surface area contributed by atoms with Crippen molar-refractivity contribution in [3.05, 3.63) is 60.2 Å². The molecule has 0 aliphatic rings. The molecule has 104 valence electrons. The number of thioether (sulfide) groups is 1. The molecule has 0 amide bonds. The second-order valence-electron chi connectivity index (χ2n) is 4.29. The molecule has 0 aliphatic heterocycles. The monoisotopic (exact) mass is 288 g/mol. The summed E-state index contributed by atoms with van der Waals surface area (Å²) in [6.45, 7) is 0. The number of methoxy groups -OCH3 is 1. The predicted octanol–water partition coefficient (Wildman–Crippen LogP) is 3.66. The van der Waals surface area contributed by atoms with Crippen molar-refractivity contribution < 1.29 is 14.6 Å². The Hall–Kier alpha value is -1.94. The van der Waals surface area contributed by atoms with E-state index in [1.165, 1.54) is 11.8 Å². The number of ether oxygens (including phenoxy) is 1. The fraction of sp³-hybridized carbons (Fsp3) is 0.188. The molecule has 0 aromatic heterocycles. The molecule has 0 saturated carbocycles. The van der Waals surface area contributed by atoms with E-state index in [9.17, 15) is 9.90 Å². The van der Waals surface area contributed by atoms with Crippen LogP contribution in [0.1, 0.15) is 11.5 Å². The Bertz CT molecular complexity index is 552. The molecule has 0 spiro atoms. The molecule has 2 aromatic carbocycles. The van der Waals surface area contributed by atoms with Crippen molar-refractivity contribution in [2.45, 2.75) is 10.8 Å². The molecular formula is C16H16O3S. The Balaban J connectivity index is 2.04. The summed E-state index contributed by atoms with van der Waals surface area (Å²) in [7, 11) is 1.62. The summed E-state index contributed by atoms with van der Waals surface area (Å²) in [6.07, 6.45) is 0. The average molecular weight is 288 g/mol. The number of aliphatic carboxylic acids is 1. The Morgan fingerprint density at radius 3 is 2.35 bits per heavy atom. The number of hydrogen-bond donors (Lipinski definition) is 1. The first-order valence-corrected chi connectivity index (χ1v) is 7.24. The minimum absolute atomic E-state index is 0.497. The second-order valence-corrected chi connectivity index (χ2v) is 5.38. The zero-order valence-corrected chi connectivity index (χ0v) is 12.0. The smallest absolute Gasteiger partial charge is 0.311 e. The molecule has 2 rings (SSSR count). The normalized spacial score (nSPS) is 11.8. The number of benzene rings is 2. The summed E-state index contributed by atoms with van der Waals surface area (Å²) < 4.78 is 5.10. The van der Waals surface area contributed by atoms with Gasteiger partial charge in [0.25, 0.3) is 0 Å². The van der Waals surface area contributed by atoms with Crippen molar-refractivity contribution in [1.82, 2.24) is 0 Å². The Labute approximate surface area is 122 Å². The largest absolute Gasteiger partial charge is 0.497 e. The molecule has 0 radical (unpaired) electrons. The van der Waals surface area contributed by atoms with Crippen molar-refractivity contribution >= 4 is 17.7 Å². The molecule has 20 heavy (non-hydrogen) atoms. The molecule has 1 N–H and O–H groups in total. The van der Waals surface area contributed by atoms with Crippen LogP contribution in [0.2, 0.25) is 0 Å². The first-order valence-electron chi connectivity index (χ1n) is 6.25. The van der Waals surface area contributed by atoms with Gasteiger partial charge in [0.1, 0.15) is 5.75 Å². The summed E-state index contributed by atoms with van der Waals surface area (Å²) in [5.41, 5.74) is 0.834. The Kier molecular flexibility index (Phi) is 5.07. The zero-order valence-electron chi connectivity index (χ0n) is 11.2. The molecule has 1 unspecified atom stereocenters. The molecule has 0 saturated heterocycles. The van der Waals surface area contributed by atoms with Crippen molar-refractivity contribution in [2.24, 2.45) is 0 Å². The predicted molar refractivity (Wildman–Crippen MR) is 80.5 cm³/mol. The Morgan fingerprint density at radius 1 is 1.15 bits per heavy atom. The van der Waals surface area contributed by atoms with Gasteiger partial charge in [-0.25, -0.2) is 0 Å². The van der Waals surface area contributed by atoms with Gasteiger partial charge in [0.05, 0.1) is 13.0 Å². The van der Waals surface area contributed by atoms with E-state index >= 15 is 0 Å². The van der Waals surface area contributed by atoms with Gasteiger partial charge in [0, 0.05) is 10.6 Å². The molecule has 0 heterocycles. The average Bonchev–Trinajstić information content (AvgIpc) is 2.49. The fourth-order valence-electron chi connectivity index (χ4n) is 1.85. The zero-order chi connectivity index (χ0) is 14.4. The summed E-state index contributed by atoms with van der Waals surface area (Å²) in [5.74, 6) is 0.0128. The molecule has 0 bridgehead atoms. The molecule has 4 heteroatoms. The van der Waals surface area contributed by atoms with Gasteiger partial charge in [-0.3, -0.25) is 4.79 Å². The topological polar surface area (TPSA) is 46.5 Å². The maximum absolute atomic E-state index is 11.4. The molecule has 3 nitrogen and oxygen atoms in total. The van der Waals surface area contributed by atoms with Crippen molar-refractivity contribution in [2.75, 3.05) is 12.9 Å². The number of rotatable bonds is 6. The van der Waals surface area contributed by atoms with Gasteiger partial charge in [0.2, 0.25) is 0 Å². The van der Waals surface area contributed by atoms with Crippen LogP contribution in [-0.2, 0) is 4.79 Å². The van der Waals surface area contributed by atoms with Gasteiger partial charge in [0.15, 0.2) is 0 Å². The Morgan fingerprint density at radius 2 is 1.80 bits per heavy atom. The summed E-state index contributed by atoms with van der Waals surface area (Å²) >= 11 is 1.53. The number of carboxylic acid groups (broad SMARTS) is 1. The SMILES string of the molecule is COc1ccc(SCC(C(=O)O)c2ccccc2)cc1. The van der Waals surface area contributed by atoms with Gasteiger partial charge in [-0.2, -0.15) is 0 Å². The van der Waals surface area contributed by atoms with E-state index < -0.39 is 11.9 Å². The maximum Gasteiger partial charge on any atom is 0.311 e. The standard InChI is InChI=1S/C16H16O3S/c1-19-13-7-9-14(10-8-13)20-11-15(16(17)18)12-5-3-2-4-6-12/h2-10,15H,11H2,1H3,(H,17,18). The lowest BCUT2D eigenvalue weighted by atomic mass is 10.0. The lowest BCUT2D eigenvalue weighted by Crippen LogP contribution is -2.13. The quantitative estimate of drug-likeness (QED) is 0.824. The van der Waals surface area contributed by atoms with E-state index in [4.69, 9.17) is 4.74 Å². The third-order valence-corrected chi connectivity index (χ3v) is 4.08. The van der Waals surface area contributed by atoms with Crippen LogP contribution in [0.15, 0.2) is 59.5 Å². The van der Waals surface area contributed by atoms with Crippen molar-refractivity contribution in [3.8, 4) is 5.75 Å².